The molecule has 224 valence electrons. The number of amides is 2. The Bertz CT molecular complexity index is 1220. The molecule has 2 N–H and O–H groups in total. The molecule has 2 fully saturated rings. The topological polar surface area (TPSA) is 115 Å². The normalized spacial score (nSPS) is 17.6. The molecule has 2 atom stereocenters. The molecule has 2 heterocycles. The molecule has 4 rings (SSSR count). The lowest BCUT2D eigenvalue weighted by Gasteiger charge is -2.34. The molecule has 1 aromatic carbocycles. The van der Waals surface area contributed by atoms with E-state index in [0.29, 0.717) is 19.5 Å². The SMILES string of the molecule is CC.CCc1cc(-c2scnc2C)ccc1CNC(=O)C1CCCN1C(=O)C(NC)C(C)(C)C.N#CC1(C=O)CC1. The van der Waals surface area contributed by atoms with E-state index in [1.54, 1.807) is 16.2 Å². The van der Waals surface area contributed by atoms with Crippen molar-refractivity contribution < 1.29 is 14.4 Å². The summed E-state index contributed by atoms with van der Waals surface area (Å²) in [5.41, 5.74) is 5.66. The second-order valence-electron chi connectivity index (χ2n) is 11.5. The molecule has 2 amide bonds. The Morgan fingerprint density at radius 3 is 2.41 bits per heavy atom. The van der Waals surface area contributed by atoms with Crippen LogP contribution >= 0.6 is 11.3 Å². The van der Waals surface area contributed by atoms with Crippen LogP contribution in [0.25, 0.3) is 10.4 Å². The molecule has 0 spiro atoms. The van der Waals surface area contributed by atoms with Gasteiger partial charge in [-0.2, -0.15) is 5.26 Å². The zero-order valence-corrected chi connectivity index (χ0v) is 26.8. The van der Waals surface area contributed by atoms with Crippen LogP contribution in [0.5, 0.6) is 0 Å². The minimum absolute atomic E-state index is 0.0103. The van der Waals surface area contributed by atoms with Gasteiger partial charge in [0.05, 0.1) is 28.2 Å². The monoisotopic (exact) mass is 581 g/mol. The van der Waals surface area contributed by atoms with Crippen molar-refractivity contribution in [3.05, 3.63) is 40.5 Å². The van der Waals surface area contributed by atoms with Crippen molar-refractivity contribution in [1.29, 1.82) is 5.26 Å². The predicted octanol–water partition coefficient (Wildman–Crippen LogP) is 5.44. The predicted molar refractivity (Wildman–Crippen MR) is 165 cm³/mol. The Morgan fingerprint density at radius 2 is 1.95 bits per heavy atom. The molecular formula is C32H47N5O3S. The number of carbonyl (C=O) groups excluding carboxylic acids is 3. The Labute approximate surface area is 249 Å². The van der Waals surface area contributed by atoms with Crippen LogP contribution in [0.3, 0.4) is 0 Å². The Morgan fingerprint density at radius 1 is 1.27 bits per heavy atom. The third-order valence-electron chi connectivity index (χ3n) is 7.53. The second-order valence-corrected chi connectivity index (χ2v) is 12.3. The maximum Gasteiger partial charge on any atom is 0.243 e. The molecule has 1 aliphatic heterocycles. The zero-order valence-electron chi connectivity index (χ0n) is 26.0. The van der Waals surface area contributed by atoms with Crippen molar-refractivity contribution in [2.24, 2.45) is 10.8 Å². The van der Waals surface area contributed by atoms with Gasteiger partial charge in [0.2, 0.25) is 11.8 Å². The molecule has 0 bridgehead atoms. The van der Waals surface area contributed by atoms with Gasteiger partial charge in [-0.05, 0) is 74.2 Å². The van der Waals surface area contributed by atoms with E-state index in [1.807, 2.05) is 60.2 Å². The molecule has 1 saturated heterocycles. The second kappa shape index (κ2) is 15.2. The third kappa shape index (κ3) is 8.70. The fourth-order valence-corrected chi connectivity index (χ4v) is 5.74. The average Bonchev–Trinajstić information content (AvgIpc) is 3.36. The van der Waals surface area contributed by atoms with Crippen LogP contribution in [0.2, 0.25) is 0 Å². The van der Waals surface area contributed by atoms with Crippen molar-refractivity contribution in [3.8, 4) is 16.5 Å². The van der Waals surface area contributed by atoms with Crippen LogP contribution in [-0.2, 0) is 27.3 Å². The standard InChI is InChI=1S/C25H36N4O2S.C5H5NO.C2H6/c1-7-17-13-18(21-16(2)28-15-32-21)10-11-19(17)14-27-23(30)20-9-8-12-29(20)24(31)22(26-6)25(3,4)5;6-3-5(4-7)1-2-5;1-2/h10-11,13,15,20,22,26H,7-9,12,14H2,1-6H3,(H,27,30);4H,1-2H2;1-2H3. The number of nitrogens with one attached hydrogen (secondary N) is 2. The highest BCUT2D eigenvalue weighted by molar-refractivity contribution is 7.13. The van der Waals surface area contributed by atoms with Crippen molar-refractivity contribution in [2.45, 2.75) is 99.2 Å². The van der Waals surface area contributed by atoms with Gasteiger partial charge in [0.25, 0.3) is 0 Å². The van der Waals surface area contributed by atoms with Crippen LogP contribution < -0.4 is 10.6 Å². The molecular weight excluding hydrogens is 534 g/mol. The summed E-state index contributed by atoms with van der Waals surface area (Å²) in [6.45, 7) is 15.4. The largest absolute Gasteiger partial charge is 0.350 e. The first kappa shape index (κ1) is 34.1. The van der Waals surface area contributed by atoms with Crippen LogP contribution in [0.15, 0.2) is 23.7 Å². The minimum atomic E-state index is -0.542. The summed E-state index contributed by atoms with van der Waals surface area (Å²) in [7, 11) is 1.81. The summed E-state index contributed by atoms with van der Waals surface area (Å²) in [5.74, 6) is -0.0554. The third-order valence-corrected chi connectivity index (χ3v) is 8.50. The Kier molecular flexibility index (Phi) is 12.7. The number of likely N-dealkylation sites (N-methyl/N-ethyl adjacent to an activating group) is 1. The van der Waals surface area contributed by atoms with E-state index in [-0.39, 0.29) is 23.3 Å². The number of likely N-dealkylation sites (tertiary alicyclic amines) is 1. The zero-order chi connectivity index (χ0) is 30.8. The van der Waals surface area contributed by atoms with E-state index in [1.165, 1.54) is 16.0 Å². The number of thiazole rings is 1. The number of nitrogens with zero attached hydrogens (tertiary/aromatic N) is 3. The minimum Gasteiger partial charge on any atom is -0.350 e. The van der Waals surface area contributed by atoms with Crippen LogP contribution in [0.4, 0.5) is 0 Å². The number of nitriles is 1. The van der Waals surface area contributed by atoms with E-state index in [9.17, 15) is 14.4 Å². The summed E-state index contributed by atoms with van der Waals surface area (Å²) < 4.78 is 0. The number of aromatic nitrogens is 1. The fraction of sp³-hybridized carbons (Fsp3) is 0.594. The van der Waals surface area contributed by atoms with Gasteiger partial charge >= 0.3 is 0 Å². The first-order valence-electron chi connectivity index (χ1n) is 14.7. The van der Waals surface area contributed by atoms with Gasteiger partial charge in [-0.1, -0.05) is 53.7 Å². The van der Waals surface area contributed by atoms with Gasteiger partial charge in [0, 0.05) is 13.1 Å². The van der Waals surface area contributed by atoms with E-state index in [2.05, 4.69) is 40.7 Å². The molecule has 41 heavy (non-hydrogen) atoms. The number of hydrogen-bond acceptors (Lipinski definition) is 7. The highest BCUT2D eigenvalue weighted by Gasteiger charge is 2.43. The summed E-state index contributed by atoms with van der Waals surface area (Å²) >= 11 is 1.65. The van der Waals surface area contributed by atoms with Gasteiger partial charge in [0.15, 0.2) is 0 Å². The van der Waals surface area contributed by atoms with Crippen molar-refractivity contribution in [2.75, 3.05) is 13.6 Å². The van der Waals surface area contributed by atoms with E-state index >= 15 is 0 Å². The van der Waals surface area contributed by atoms with E-state index in [4.69, 9.17) is 5.26 Å². The summed E-state index contributed by atoms with van der Waals surface area (Å²) in [6, 6.07) is 7.63. The molecule has 1 aliphatic carbocycles. The molecule has 2 unspecified atom stereocenters. The quantitative estimate of drug-likeness (QED) is 0.401. The fourth-order valence-electron chi connectivity index (χ4n) is 4.93. The first-order chi connectivity index (χ1) is 19.5. The molecule has 2 aliphatic rings. The number of rotatable bonds is 8. The molecule has 1 saturated carbocycles. The van der Waals surface area contributed by atoms with Crippen LogP contribution in [-0.4, -0.2) is 53.7 Å². The highest BCUT2D eigenvalue weighted by Crippen LogP contribution is 2.42. The number of aryl methyl sites for hydroxylation is 2. The maximum atomic E-state index is 13.2. The number of aldehydes is 1. The highest BCUT2D eigenvalue weighted by atomic mass is 32.1. The summed E-state index contributed by atoms with van der Waals surface area (Å²) in [4.78, 5) is 43.4. The number of hydrogen-bond donors (Lipinski definition) is 2. The van der Waals surface area contributed by atoms with Crippen LogP contribution in [0.1, 0.15) is 84.0 Å². The number of carbonyl (C=O) groups is 3. The smallest absolute Gasteiger partial charge is 0.243 e. The molecule has 0 radical (unpaired) electrons. The van der Waals surface area contributed by atoms with Gasteiger partial charge in [-0.3, -0.25) is 9.59 Å². The molecule has 1 aromatic heterocycles. The average molecular weight is 582 g/mol. The van der Waals surface area contributed by atoms with Gasteiger partial charge in [-0.25, -0.2) is 4.98 Å². The molecule has 9 heteroatoms. The van der Waals surface area contributed by atoms with E-state index in [0.717, 1.165) is 43.2 Å². The Balaban J connectivity index is 0.000000561. The lowest BCUT2D eigenvalue weighted by molar-refractivity contribution is -0.142. The van der Waals surface area contributed by atoms with Crippen molar-refractivity contribution in [3.63, 3.8) is 0 Å². The molecule has 2 aromatic rings. The lowest BCUT2D eigenvalue weighted by atomic mass is 9.86. The van der Waals surface area contributed by atoms with Crippen molar-refractivity contribution >= 4 is 29.4 Å². The number of benzene rings is 1. The van der Waals surface area contributed by atoms with Gasteiger partial charge in [-0.15, -0.1) is 11.3 Å². The van der Waals surface area contributed by atoms with Crippen molar-refractivity contribution in [1.82, 2.24) is 20.5 Å². The van der Waals surface area contributed by atoms with E-state index < -0.39 is 11.5 Å². The van der Waals surface area contributed by atoms with Gasteiger partial charge in [0.1, 0.15) is 17.7 Å². The summed E-state index contributed by atoms with van der Waals surface area (Å²) in [5, 5.41) is 14.4. The lowest BCUT2D eigenvalue weighted by Crippen LogP contribution is -2.55. The summed E-state index contributed by atoms with van der Waals surface area (Å²) in [6.07, 6.45) is 4.74. The molecule has 8 nitrogen and oxygen atoms in total. The van der Waals surface area contributed by atoms with Crippen LogP contribution in [0, 0.1) is 29.1 Å². The maximum absolute atomic E-state index is 13.2. The van der Waals surface area contributed by atoms with Gasteiger partial charge < -0.3 is 20.3 Å². The first-order valence-corrected chi connectivity index (χ1v) is 15.5. The Hall–Kier alpha value is -3.09.